The molecule has 3 N–H and O–H groups in total. The average Bonchev–Trinajstić information content (AvgIpc) is 2.36. The summed E-state index contributed by atoms with van der Waals surface area (Å²) >= 11 is 0. The van der Waals surface area contributed by atoms with Crippen molar-refractivity contribution in [3.05, 3.63) is 48.4 Å². The second-order valence-corrected chi connectivity index (χ2v) is 5.50. The number of hydrogen-bond donors (Lipinski definition) is 3. The highest BCUT2D eigenvalue weighted by Crippen LogP contribution is 2.12. The molecule has 0 bridgehead atoms. The van der Waals surface area contributed by atoms with E-state index in [1.807, 2.05) is 51.1 Å². The number of rotatable bonds is 6. The van der Waals surface area contributed by atoms with Gasteiger partial charge in [0, 0.05) is 6.42 Å². The number of ether oxygens (including phenoxy) is 1. The fourth-order valence-electron chi connectivity index (χ4n) is 1.73. The second-order valence-electron chi connectivity index (χ2n) is 5.50. The first kappa shape index (κ1) is 16.0. The third kappa shape index (κ3) is 5.75. The Morgan fingerprint density at radius 2 is 1.95 bits per heavy atom. The number of carbonyl (C=O) groups excluding carboxylic acids is 1. The van der Waals surface area contributed by atoms with Crippen LogP contribution in [0, 0.1) is 0 Å². The maximum absolute atomic E-state index is 11.7. The van der Waals surface area contributed by atoms with E-state index >= 15 is 0 Å². The van der Waals surface area contributed by atoms with E-state index in [0.29, 0.717) is 12.3 Å². The number of carbonyl (C=O) groups is 1. The molecule has 0 saturated carbocycles. The Balaban J connectivity index is 2.70. The van der Waals surface area contributed by atoms with Gasteiger partial charge >= 0.3 is 0 Å². The lowest BCUT2D eigenvalue weighted by Gasteiger charge is -2.26. The Labute approximate surface area is 119 Å². The van der Waals surface area contributed by atoms with Crippen LogP contribution in [-0.2, 0) is 16.0 Å². The molecule has 1 atom stereocenters. The summed E-state index contributed by atoms with van der Waals surface area (Å²) < 4.78 is 5.53. The molecule has 0 aromatic heterocycles. The first-order valence-corrected chi connectivity index (χ1v) is 6.44. The van der Waals surface area contributed by atoms with Gasteiger partial charge in [-0.25, -0.2) is 5.48 Å². The van der Waals surface area contributed by atoms with Crippen molar-refractivity contribution in [3.8, 4) is 0 Å². The Hall–Kier alpha value is -2.01. The third-order valence-corrected chi connectivity index (χ3v) is 2.47. The van der Waals surface area contributed by atoms with E-state index in [-0.39, 0.29) is 0 Å². The maximum atomic E-state index is 11.7. The molecule has 0 heterocycles. The molecule has 110 valence electrons. The van der Waals surface area contributed by atoms with Crippen LogP contribution in [0.25, 0.3) is 0 Å². The molecule has 1 aromatic rings. The smallest absolute Gasteiger partial charge is 0.266 e. The summed E-state index contributed by atoms with van der Waals surface area (Å²) in [6.45, 7) is 9.40. The highest BCUT2D eigenvalue weighted by atomic mass is 16.5. The van der Waals surface area contributed by atoms with Gasteiger partial charge in [-0.1, -0.05) is 30.3 Å². The van der Waals surface area contributed by atoms with Gasteiger partial charge in [0.25, 0.3) is 5.91 Å². The van der Waals surface area contributed by atoms with Crippen LogP contribution in [-0.4, -0.2) is 22.8 Å². The van der Waals surface area contributed by atoms with Crippen LogP contribution < -0.4 is 10.8 Å². The van der Waals surface area contributed by atoms with Crippen LogP contribution in [0.3, 0.4) is 0 Å². The fourth-order valence-corrected chi connectivity index (χ4v) is 1.73. The highest BCUT2D eigenvalue weighted by molar-refractivity contribution is 5.81. The van der Waals surface area contributed by atoms with Crippen LogP contribution in [0.15, 0.2) is 42.8 Å². The van der Waals surface area contributed by atoms with Crippen molar-refractivity contribution in [1.82, 2.24) is 10.8 Å². The predicted molar refractivity (Wildman–Crippen MR) is 77.0 cm³/mol. The van der Waals surface area contributed by atoms with Crippen molar-refractivity contribution in [1.29, 1.82) is 0 Å². The van der Waals surface area contributed by atoms with Crippen LogP contribution >= 0.6 is 0 Å². The van der Waals surface area contributed by atoms with E-state index in [0.717, 1.165) is 5.56 Å². The standard InChI is InChI=1S/C15H22N2O3/c1-11(20-15(2,3)4)16-13(14(18)17-19)10-12-8-6-5-7-9-12/h5-9,13,16,19H,1,10H2,2-4H3,(H,17,18)/t13-/m0/s1. The zero-order chi connectivity index (χ0) is 15.2. The van der Waals surface area contributed by atoms with Gasteiger partial charge in [-0.05, 0) is 32.9 Å². The summed E-state index contributed by atoms with van der Waals surface area (Å²) in [5, 5.41) is 11.7. The molecule has 5 heteroatoms. The lowest BCUT2D eigenvalue weighted by molar-refractivity contribution is -0.131. The summed E-state index contributed by atoms with van der Waals surface area (Å²) in [4.78, 5) is 11.7. The van der Waals surface area contributed by atoms with E-state index in [2.05, 4.69) is 11.9 Å². The first-order chi connectivity index (χ1) is 9.31. The summed E-state index contributed by atoms with van der Waals surface area (Å²) in [6, 6.07) is 8.85. The van der Waals surface area contributed by atoms with Gasteiger partial charge in [0.2, 0.25) is 0 Å². The van der Waals surface area contributed by atoms with Crippen molar-refractivity contribution in [2.75, 3.05) is 0 Å². The molecule has 0 aliphatic rings. The normalized spacial score (nSPS) is 12.4. The van der Waals surface area contributed by atoms with Gasteiger partial charge in [0.1, 0.15) is 11.6 Å². The van der Waals surface area contributed by atoms with E-state index < -0.39 is 17.6 Å². The van der Waals surface area contributed by atoms with E-state index in [9.17, 15) is 4.79 Å². The minimum Gasteiger partial charge on any atom is -0.474 e. The fraction of sp³-hybridized carbons (Fsp3) is 0.400. The summed E-state index contributed by atoms with van der Waals surface area (Å²) in [5.74, 6) is -0.241. The van der Waals surface area contributed by atoms with Crippen LogP contribution in [0.2, 0.25) is 0 Å². The van der Waals surface area contributed by atoms with Gasteiger partial charge in [-0.3, -0.25) is 10.0 Å². The maximum Gasteiger partial charge on any atom is 0.266 e. The monoisotopic (exact) mass is 278 g/mol. The number of hydroxylamine groups is 1. The topological polar surface area (TPSA) is 70.6 Å². The molecule has 0 radical (unpaired) electrons. The minimum absolute atomic E-state index is 0.294. The third-order valence-electron chi connectivity index (χ3n) is 2.47. The summed E-state index contributed by atoms with van der Waals surface area (Å²) in [5.41, 5.74) is 2.22. The van der Waals surface area contributed by atoms with E-state index in [4.69, 9.17) is 9.94 Å². The molecule has 5 nitrogen and oxygen atoms in total. The summed E-state index contributed by atoms with van der Waals surface area (Å²) in [7, 11) is 0. The van der Waals surface area contributed by atoms with Gasteiger partial charge in [0.05, 0.1) is 0 Å². The van der Waals surface area contributed by atoms with Gasteiger partial charge in [-0.15, -0.1) is 0 Å². The second kappa shape index (κ2) is 6.96. The Morgan fingerprint density at radius 1 is 1.35 bits per heavy atom. The zero-order valence-corrected chi connectivity index (χ0v) is 12.1. The molecule has 1 amide bonds. The molecular formula is C15H22N2O3. The van der Waals surface area contributed by atoms with Crippen molar-refractivity contribution in [3.63, 3.8) is 0 Å². The number of benzene rings is 1. The average molecular weight is 278 g/mol. The minimum atomic E-state index is -0.655. The Morgan fingerprint density at radius 3 is 2.45 bits per heavy atom. The molecule has 0 aliphatic carbocycles. The molecule has 0 aliphatic heterocycles. The quantitative estimate of drug-likeness (QED) is 0.423. The van der Waals surface area contributed by atoms with Crippen molar-refractivity contribution < 1.29 is 14.7 Å². The molecule has 0 unspecified atom stereocenters. The number of nitrogens with one attached hydrogen (secondary N) is 2. The van der Waals surface area contributed by atoms with E-state index in [1.54, 1.807) is 5.48 Å². The van der Waals surface area contributed by atoms with Crippen LogP contribution in [0.5, 0.6) is 0 Å². The number of hydrogen-bond acceptors (Lipinski definition) is 4. The SMILES string of the molecule is C=C(N[C@@H](Cc1ccccc1)C(=O)NO)OC(C)(C)C. The first-order valence-electron chi connectivity index (χ1n) is 6.44. The largest absolute Gasteiger partial charge is 0.474 e. The van der Waals surface area contributed by atoms with Crippen LogP contribution in [0.4, 0.5) is 0 Å². The van der Waals surface area contributed by atoms with E-state index in [1.165, 1.54) is 0 Å². The van der Waals surface area contributed by atoms with Gasteiger partial charge in [-0.2, -0.15) is 0 Å². The highest BCUT2D eigenvalue weighted by Gasteiger charge is 2.21. The lowest BCUT2D eigenvalue weighted by atomic mass is 10.1. The zero-order valence-electron chi connectivity index (χ0n) is 12.1. The molecule has 0 spiro atoms. The number of amides is 1. The van der Waals surface area contributed by atoms with Crippen LogP contribution in [0.1, 0.15) is 26.3 Å². The predicted octanol–water partition coefficient (Wildman–Crippen LogP) is 1.98. The molecule has 0 saturated heterocycles. The van der Waals surface area contributed by atoms with Gasteiger partial charge < -0.3 is 10.1 Å². The molecular weight excluding hydrogens is 256 g/mol. The molecule has 20 heavy (non-hydrogen) atoms. The van der Waals surface area contributed by atoms with Crippen molar-refractivity contribution in [2.24, 2.45) is 0 Å². The molecule has 1 aromatic carbocycles. The van der Waals surface area contributed by atoms with Gasteiger partial charge in [0.15, 0.2) is 5.88 Å². The Bertz CT molecular complexity index is 452. The summed E-state index contributed by atoms with van der Waals surface area (Å²) in [6.07, 6.45) is 0.416. The lowest BCUT2D eigenvalue weighted by Crippen LogP contribution is -2.45. The van der Waals surface area contributed by atoms with Crippen molar-refractivity contribution >= 4 is 5.91 Å². The molecule has 0 fully saturated rings. The Kier molecular flexibility index (Phi) is 5.58. The molecule has 1 rings (SSSR count). The van der Waals surface area contributed by atoms with Crippen molar-refractivity contribution in [2.45, 2.75) is 38.8 Å².